The van der Waals surface area contributed by atoms with E-state index in [4.69, 9.17) is 15.9 Å². The molecule has 4 aromatic rings. The van der Waals surface area contributed by atoms with E-state index in [0.717, 1.165) is 11.1 Å². The highest BCUT2D eigenvalue weighted by atomic mass is 16.3. The Morgan fingerprint density at radius 1 is 1.13 bits per heavy atom. The molecule has 12 heteroatoms. The van der Waals surface area contributed by atoms with Gasteiger partial charge < -0.3 is 15.5 Å². The standard InChI is InChI=1S/C18H19N11O/c1-28-25-14(24-27-28)12-6-4-11(5-7-12)8-9-18(20)22-16(19)29-17(23-18)21-15(26-29)13-3-2-10-30-13/h2-7,10H,8-9,20H2,1H3,(H2,19,22)(H,21,23,26). The van der Waals surface area contributed by atoms with Gasteiger partial charge in [-0.1, -0.05) is 24.3 Å². The van der Waals surface area contributed by atoms with Crippen molar-refractivity contribution in [3.05, 3.63) is 48.2 Å². The van der Waals surface area contributed by atoms with E-state index in [1.54, 1.807) is 25.4 Å². The van der Waals surface area contributed by atoms with E-state index in [0.29, 0.717) is 36.2 Å². The van der Waals surface area contributed by atoms with Crippen LogP contribution in [-0.2, 0) is 13.5 Å². The molecule has 1 aliphatic heterocycles. The van der Waals surface area contributed by atoms with Crippen LogP contribution in [0, 0.1) is 0 Å². The third kappa shape index (κ3) is 3.28. The van der Waals surface area contributed by atoms with E-state index in [-0.39, 0.29) is 5.96 Å². The Kier molecular flexibility index (Phi) is 4.06. The first-order chi connectivity index (χ1) is 14.5. The van der Waals surface area contributed by atoms with Gasteiger partial charge in [-0.25, -0.2) is 4.99 Å². The lowest BCUT2D eigenvalue weighted by Gasteiger charge is -2.30. The van der Waals surface area contributed by atoms with Gasteiger partial charge >= 0.3 is 0 Å². The Bertz CT molecular complexity index is 1210. The highest BCUT2D eigenvalue weighted by Gasteiger charge is 2.32. The summed E-state index contributed by atoms with van der Waals surface area (Å²) in [5.74, 6) is 1.00. The van der Waals surface area contributed by atoms with Crippen molar-refractivity contribution in [2.24, 2.45) is 23.5 Å². The molecule has 0 saturated heterocycles. The van der Waals surface area contributed by atoms with Gasteiger partial charge in [0.05, 0.1) is 13.3 Å². The molecule has 0 bridgehead atoms. The first-order valence-electron chi connectivity index (χ1n) is 9.26. The molecular formula is C18H19N11O. The predicted octanol–water partition coefficient (Wildman–Crippen LogP) is 0.562. The van der Waals surface area contributed by atoms with Crippen LogP contribution in [0.4, 0.5) is 5.95 Å². The van der Waals surface area contributed by atoms with Crippen molar-refractivity contribution in [1.29, 1.82) is 0 Å². The Morgan fingerprint density at radius 2 is 1.97 bits per heavy atom. The van der Waals surface area contributed by atoms with Crippen LogP contribution < -0.4 is 16.8 Å². The molecule has 3 aromatic heterocycles. The number of nitrogens with two attached hydrogens (primary N) is 2. The second kappa shape index (κ2) is 6.77. The summed E-state index contributed by atoms with van der Waals surface area (Å²) in [4.78, 5) is 10.2. The van der Waals surface area contributed by atoms with Crippen LogP contribution >= 0.6 is 0 Å². The highest BCUT2D eigenvalue weighted by molar-refractivity contribution is 5.84. The van der Waals surface area contributed by atoms with Crippen LogP contribution in [0.2, 0.25) is 0 Å². The highest BCUT2D eigenvalue weighted by Crippen LogP contribution is 2.25. The van der Waals surface area contributed by atoms with E-state index in [1.807, 2.05) is 24.3 Å². The summed E-state index contributed by atoms with van der Waals surface area (Å²) in [5.41, 5.74) is 14.5. The second-order valence-corrected chi connectivity index (χ2v) is 6.97. The van der Waals surface area contributed by atoms with E-state index in [9.17, 15) is 0 Å². The maximum atomic E-state index is 6.45. The van der Waals surface area contributed by atoms with Crippen LogP contribution in [0.3, 0.4) is 0 Å². The normalized spacial score (nSPS) is 18.0. The van der Waals surface area contributed by atoms with Crippen molar-refractivity contribution < 1.29 is 4.42 Å². The maximum Gasteiger partial charge on any atom is 0.232 e. The molecule has 1 aromatic carbocycles. The fourth-order valence-electron chi connectivity index (χ4n) is 3.21. The number of aromatic nitrogens is 7. The van der Waals surface area contributed by atoms with Crippen molar-refractivity contribution in [1.82, 2.24) is 35.0 Å². The Hall–Kier alpha value is -4.06. The molecule has 0 radical (unpaired) electrons. The summed E-state index contributed by atoms with van der Waals surface area (Å²) in [6.45, 7) is 0. The second-order valence-electron chi connectivity index (χ2n) is 6.97. The summed E-state index contributed by atoms with van der Waals surface area (Å²) in [6, 6.07) is 11.4. The zero-order chi connectivity index (χ0) is 20.7. The minimum Gasteiger partial charge on any atom is -0.461 e. The fraction of sp³-hybridized carbons (Fsp3) is 0.222. The topological polar surface area (TPSA) is 164 Å². The number of tetrazole rings is 1. The smallest absolute Gasteiger partial charge is 0.232 e. The molecule has 5 rings (SSSR count). The number of rotatable bonds is 5. The van der Waals surface area contributed by atoms with Gasteiger partial charge in [-0.3, -0.25) is 5.73 Å². The number of anilines is 1. The number of benzene rings is 1. The Balaban J connectivity index is 1.30. The van der Waals surface area contributed by atoms with Crippen molar-refractivity contribution in [3.8, 4) is 23.0 Å². The number of nitrogens with zero attached hydrogens (tertiary/aromatic N) is 8. The molecular weight excluding hydrogens is 386 g/mol. The summed E-state index contributed by atoms with van der Waals surface area (Å²) in [7, 11) is 1.73. The number of nitrogens with one attached hydrogen (secondary N) is 1. The van der Waals surface area contributed by atoms with Gasteiger partial charge in [0.15, 0.2) is 11.5 Å². The van der Waals surface area contributed by atoms with Gasteiger partial charge in [-0.15, -0.1) is 15.3 Å². The zero-order valence-electron chi connectivity index (χ0n) is 16.1. The number of hydrogen-bond donors (Lipinski definition) is 3. The molecule has 0 amide bonds. The number of hydrogen-bond acceptors (Lipinski definition) is 10. The quantitative estimate of drug-likeness (QED) is 0.430. The summed E-state index contributed by atoms with van der Waals surface area (Å²) in [5, 5.41) is 19.5. The van der Waals surface area contributed by atoms with Crippen molar-refractivity contribution >= 4 is 11.9 Å². The summed E-state index contributed by atoms with van der Waals surface area (Å²) >= 11 is 0. The molecule has 1 aliphatic rings. The predicted molar refractivity (Wildman–Crippen MR) is 108 cm³/mol. The molecule has 1 atom stereocenters. The van der Waals surface area contributed by atoms with Gasteiger partial charge in [0.1, 0.15) is 0 Å². The Labute approximate surface area is 170 Å². The lowest BCUT2D eigenvalue weighted by Crippen LogP contribution is -2.52. The maximum absolute atomic E-state index is 6.45. The monoisotopic (exact) mass is 405 g/mol. The molecule has 5 N–H and O–H groups in total. The minimum atomic E-state index is -1.10. The van der Waals surface area contributed by atoms with E-state index >= 15 is 0 Å². The lowest BCUT2D eigenvalue weighted by atomic mass is 10.0. The number of fused-ring (bicyclic) bond motifs is 1. The first-order valence-corrected chi connectivity index (χ1v) is 9.26. The summed E-state index contributed by atoms with van der Waals surface area (Å²) in [6.07, 6.45) is 2.73. The van der Waals surface area contributed by atoms with Crippen molar-refractivity contribution in [2.75, 3.05) is 5.32 Å². The van der Waals surface area contributed by atoms with E-state index in [2.05, 4.69) is 35.8 Å². The van der Waals surface area contributed by atoms with E-state index in [1.165, 1.54) is 9.48 Å². The number of aliphatic imine (C=N–C) groups is 1. The van der Waals surface area contributed by atoms with Gasteiger partial charge in [-0.05, 0) is 29.3 Å². The molecule has 0 fully saturated rings. The molecule has 1 unspecified atom stereocenters. The molecule has 0 spiro atoms. The van der Waals surface area contributed by atoms with Crippen LogP contribution in [-0.4, -0.2) is 46.7 Å². The summed E-state index contributed by atoms with van der Waals surface area (Å²) < 4.78 is 6.75. The molecule has 4 heterocycles. The minimum absolute atomic E-state index is 0.167. The van der Waals surface area contributed by atoms with Gasteiger partial charge in [0.2, 0.25) is 23.6 Å². The zero-order valence-corrected chi connectivity index (χ0v) is 16.1. The average molecular weight is 405 g/mol. The van der Waals surface area contributed by atoms with Gasteiger partial charge in [0, 0.05) is 12.0 Å². The first kappa shape index (κ1) is 18.0. The average Bonchev–Trinajstić information content (AvgIpc) is 3.47. The van der Waals surface area contributed by atoms with Gasteiger partial charge in [0.25, 0.3) is 0 Å². The van der Waals surface area contributed by atoms with E-state index < -0.39 is 5.79 Å². The van der Waals surface area contributed by atoms with Crippen molar-refractivity contribution in [3.63, 3.8) is 0 Å². The van der Waals surface area contributed by atoms with Crippen LogP contribution in [0.15, 0.2) is 52.1 Å². The molecule has 152 valence electrons. The molecule has 0 saturated carbocycles. The SMILES string of the molecule is Cn1nnc(-c2ccc(CCC3(N)N=C(N)n4nc(-c5ccco5)nc4N3)cc2)n1. The fourth-order valence-corrected chi connectivity index (χ4v) is 3.21. The third-order valence-corrected chi connectivity index (χ3v) is 4.72. The van der Waals surface area contributed by atoms with Crippen LogP contribution in [0.1, 0.15) is 12.0 Å². The van der Waals surface area contributed by atoms with Gasteiger partial charge in [-0.2, -0.15) is 14.5 Å². The Morgan fingerprint density at radius 3 is 2.67 bits per heavy atom. The van der Waals surface area contributed by atoms with Crippen LogP contribution in [0.5, 0.6) is 0 Å². The van der Waals surface area contributed by atoms with Crippen molar-refractivity contribution in [2.45, 2.75) is 18.6 Å². The largest absolute Gasteiger partial charge is 0.461 e. The molecule has 0 aliphatic carbocycles. The molecule has 30 heavy (non-hydrogen) atoms. The lowest BCUT2D eigenvalue weighted by molar-refractivity contribution is 0.452. The third-order valence-electron chi connectivity index (χ3n) is 4.72. The van der Waals surface area contributed by atoms with Crippen LogP contribution in [0.25, 0.3) is 23.0 Å². The number of furan rings is 1. The molecule has 12 nitrogen and oxygen atoms in total. The number of aryl methyl sites for hydroxylation is 2.